The first-order valence-electron chi connectivity index (χ1n) is 9.82. The largest absolute Gasteiger partial charge is 0.381 e. The van der Waals surface area contributed by atoms with E-state index in [4.69, 9.17) is 10.5 Å². The van der Waals surface area contributed by atoms with Gasteiger partial charge in [0, 0.05) is 57.1 Å². The molecule has 3 rings (SSSR count). The Morgan fingerprint density at radius 2 is 1.89 bits per heavy atom. The van der Waals surface area contributed by atoms with Crippen molar-refractivity contribution in [1.29, 1.82) is 0 Å². The lowest BCUT2D eigenvalue weighted by molar-refractivity contribution is -0.136. The Kier molecular flexibility index (Phi) is 6.78. The van der Waals surface area contributed by atoms with Crippen molar-refractivity contribution in [3.05, 3.63) is 35.4 Å². The van der Waals surface area contributed by atoms with Gasteiger partial charge >= 0.3 is 0 Å². The van der Waals surface area contributed by atoms with Crippen LogP contribution in [0.4, 0.5) is 8.78 Å². The minimum absolute atomic E-state index is 0.00237. The molecular weight excluding hydrogens is 352 g/mol. The Hall–Kier alpha value is -1.57. The summed E-state index contributed by atoms with van der Waals surface area (Å²) in [5, 5.41) is 0. The van der Waals surface area contributed by atoms with Crippen LogP contribution < -0.4 is 5.73 Å². The number of ether oxygens (including phenoxy) is 1. The smallest absolute Gasteiger partial charge is 0.239 e. The average Bonchev–Trinajstić information content (AvgIpc) is 2.70. The van der Waals surface area contributed by atoms with Gasteiger partial charge in [-0.3, -0.25) is 9.69 Å². The molecule has 0 radical (unpaired) electrons. The van der Waals surface area contributed by atoms with E-state index in [0.717, 1.165) is 25.3 Å². The molecule has 0 bridgehead atoms. The lowest BCUT2D eigenvalue weighted by Crippen LogP contribution is -2.55. The highest BCUT2D eigenvalue weighted by Gasteiger charge is 2.33. The topological polar surface area (TPSA) is 58.8 Å². The summed E-state index contributed by atoms with van der Waals surface area (Å²) in [6.07, 6.45) is 2.38. The number of hydrogen-bond donors (Lipinski definition) is 1. The van der Waals surface area contributed by atoms with Gasteiger partial charge in [-0.2, -0.15) is 0 Å². The van der Waals surface area contributed by atoms with Gasteiger partial charge in [-0.15, -0.1) is 0 Å². The molecule has 150 valence electrons. The van der Waals surface area contributed by atoms with Gasteiger partial charge in [0.2, 0.25) is 5.91 Å². The van der Waals surface area contributed by atoms with Crippen molar-refractivity contribution in [3.63, 3.8) is 0 Å². The Labute approximate surface area is 159 Å². The van der Waals surface area contributed by atoms with Crippen LogP contribution in [-0.2, 0) is 9.53 Å². The van der Waals surface area contributed by atoms with Crippen LogP contribution in [-0.4, -0.2) is 61.1 Å². The van der Waals surface area contributed by atoms with Crippen molar-refractivity contribution in [2.24, 2.45) is 11.7 Å². The lowest BCUT2D eigenvalue weighted by atomic mass is 9.91. The van der Waals surface area contributed by atoms with Crippen LogP contribution in [0.2, 0.25) is 0 Å². The Morgan fingerprint density at radius 1 is 1.22 bits per heavy atom. The minimum atomic E-state index is -0.566. The van der Waals surface area contributed by atoms with E-state index in [9.17, 15) is 13.6 Å². The van der Waals surface area contributed by atoms with E-state index < -0.39 is 17.7 Å². The molecule has 0 aliphatic carbocycles. The summed E-state index contributed by atoms with van der Waals surface area (Å²) in [6, 6.07) is 3.17. The zero-order valence-electron chi connectivity index (χ0n) is 15.9. The monoisotopic (exact) mass is 381 g/mol. The van der Waals surface area contributed by atoms with Gasteiger partial charge in [0.15, 0.2) is 0 Å². The number of nitrogens with two attached hydrogens (primary N) is 1. The third-order valence-corrected chi connectivity index (χ3v) is 5.83. The molecule has 27 heavy (non-hydrogen) atoms. The first-order valence-corrected chi connectivity index (χ1v) is 9.82. The molecule has 2 saturated heterocycles. The number of nitrogens with zero attached hydrogens (tertiary/aromatic N) is 2. The van der Waals surface area contributed by atoms with Gasteiger partial charge in [-0.05, 0) is 31.2 Å². The summed E-state index contributed by atoms with van der Waals surface area (Å²) in [5.74, 6) is -0.894. The molecule has 0 aromatic heterocycles. The predicted molar refractivity (Wildman–Crippen MR) is 99.1 cm³/mol. The molecule has 2 heterocycles. The van der Waals surface area contributed by atoms with E-state index in [1.165, 1.54) is 12.1 Å². The van der Waals surface area contributed by atoms with E-state index in [1.807, 2.05) is 11.8 Å². The van der Waals surface area contributed by atoms with Crippen LogP contribution in [0.1, 0.15) is 37.8 Å². The van der Waals surface area contributed by atoms with Gasteiger partial charge in [-0.1, -0.05) is 13.0 Å². The highest BCUT2D eigenvalue weighted by atomic mass is 19.1. The molecule has 7 heteroatoms. The van der Waals surface area contributed by atoms with E-state index in [2.05, 4.69) is 4.90 Å². The summed E-state index contributed by atoms with van der Waals surface area (Å²) >= 11 is 0. The molecule has 2 unspecified atom stereocenters. The van der Waals surface area contributed by atoms with Crippen LogP contribution in [0.15, 0.2) is 18.2 Å². The van der Waals surface area contributed by atoms with Crippen LogP contribution >= 0.6 is 0 Å². The van der Waals surface area contributed by atoms with E-state index >= 15 is 0 Å². The van der Waals surface area contributed by atoms with Gasteiger partial charge in [0.25, 0.3) is 0 Å². The average molecular weight is 381 g/mol. The number of hydrogen-bond acceptors (Lipinski definition) is 4. The maximum absolute atomic E-state index is 14.2. The fourth-order valence-corrected chi connectivity index (χ4v) is 4.19. The molecule has 1 aromatic rings. The third-order valence-electron chi connectivity index (χ3n) is 5.83. The molecule has 2 atom stereocenters. The van der Waals surface area contributed by atoms with Gasteiger partial charge in [0.05, 0.1) is 6.04 Å². The predicted octanol–water partition coefficient (Wildman–Crippen LogP) is 2.31. The summed E-state index contributed by atoms with van der Waals surface area (Å²) in [6.45, 7) is 5.79. The summed E-state index contributed by atoms with van der Waals surface area (Å²) in [4.78, 5) is 16.7. The number of benzene rings is 1. The maximum Gasteiger partial charge on any atom is 0.239 e. The number of piperazine rings is 1. The second-order valence-electron chi connectivity index (χ2n) is 7.43. The molecule has 2 fully saturated rings. The van der Waals surface area contributed by atoms with Crippen molar-refractivity contribution >= 4 is 5.91 Å². The Bertz CT molecular complexity index is 644. The normalized spacial score (nSPS) is 21.9. The summed E-state index contributed by atoms with van der Waals surface area (Å²) in [5.41, 5.74) is 6.73. The van der Waals surface area contributed by atoms with E-state index in [1.54, 1.807) is 0 Å². The highest BCUT2D eigenvalue weighted by molar-refractivity contribution is 5.82. The first kappa shape index (κ1) is 20.2. The Balaban J connectivity index is 1.59. The van der Waals surface area contributed by atoms with Gasteiger partial charge in [0.1, 0.15) is 11.6 Å². The number of carbonyl (C=O) groups is 1. The number of halogens is 2. The second-order valence-corrected chi connectivity index (χ2v) is 7.43. The lowest BCUT2D eigenvalue weighted by Gasteiger charge is -2.41. The van der Waals surface area contributed by atoms with Gasteiger partial charge < -0.3 is 15.4 Å². The standard InChI is InChI=1S/C20H29F2N3O2/c1-2-18(16-4-3-15(21)13-17(16)22)24-7-9-25(10-8-24)20(26)19(23)14-5-11-27-12-6-14/h3-4,13-14,18-19H,2,5-12,23H2,1H3. The molecular formula is C20H29F2N3O2. The van der Waals surface area contributed by atoms with Crippen LogP contribution in [0, 0.1) is 17.6 Å². The SMILES string of the molecule is CCC(c1ccc(F)cc1F)N1CCN(C(=O)C(N)C2CCOCC2)CC1. The van der Waals surface area contributed by atoms with Crippen molar-refractivity contribution < 1.29 is 18.3 Å². The molecule has 1 amide bonds. The van der Waals surface area contributed by atoms with E-state index in [-0.39, 0.29) is 17.9 Å². The van der Waals surface area contributed by atoms with Crippen LogP contribution in [0.5, 0.6) is 0 Å². The van der Waals surface area contributed by atoms with Crippen LogP contribution in [0.3, 0.4) is 0 Å². The maximum atomic E-state index is 14.2. The fourth-order valence-electron chi connectivity index (χ4n) is 4.19. The Morgan fingerprint density at radius 3 is 2.48 bits per heavy atom. The van der Waals surface area contributed by atoms with Crippen molar-refractivity contribution in [3.8, 4) is 0 Å². The number of amides is 1. The molecule has 0 spiro atoms. The first-order chi connectivity index (χ1) is 13.0. The highest BCUT2D eigenvalue weighted by Crippen LogP contribution is 2.28. The quantitative estimate of drug-likeness (QED) is 0.850. The molecule has 0 saturated carbocycles. The molecule has 5 nitrogen and oxygen atoms in total. The van der Waals surface area contributed by atoms with Gasteiger partial charge in [-0.25, -0.2) is 8.78 Å². The number of carbonyl (C=O) groups excluding carboxylic acids is 1. The fraction of sp³-hybridized carbons (Fsp3) is 0.650. The van der Waals surface area contributed by atoms with Crippen molar-refractivity contribution in [1.82, 2.24) is 9.80 Å². The molecule has 2 N–H and O–H groups in total. The molecule has 2 aliphatic rings. The van der Waals surface area contributed by atoms with E-state index in [0.29, 0.717) is 45.0 Å². The minimum Gasteiger partial charge on any atom is -0.381 e. The van der Waals surface area contributed by atoms with Crippen molar-refractivity contribution in [2.75, 3.05) is 39.4 Å². The molecule has 1 aromatic carbocycles. The van der Waals surface area contributed by atoms with Crippen LogP contribution in [0.25, 0.3) is 0 Å². The second kappa shape index (κ2) is 9.08. The summed E-state index contributed by atoms with van der Waals surface area (Å²) < 4.78 is 32.8. The van der Waals surface area contributed by atoms with Crippen molar-refractivity contribution in [2.45, 2.75) is 38.3 Å². The zero-order valence-corrected chi connectivity index (χ0v) is 15.9. The molecule has 2 aliphatic heterocycles. The summed E-state index contributed by atoms with van der Waals surface area (Å²) in [7, 11) is 0. The third kappa shape index (κ3) is 4.65. The zero-order chi connectivity index (χ0) is 19.4. The number of rotatable bonds is 5.